The number of anilines is 2. The number of rotatable bonds is 5. The fraction of sp³-hybridized carbons (Fsp3) is 0.588. The SMILES string of the molecule is CCCCN1CCc2ccc(NC(=O)[C@@H]3COCCO3)cc21. The van der Waals surface area contributed by atoms with Crippen LogP contribution in [0.2, 0.25) is 0 Å². The van der Waals surface area contributed by atoms with Crippen LogP contribution in [0, 0.1) is 0 Å². The molecule has 1 amide bonds. The zero-order valence-electron chi connectivity index (χ0n) is 13.1. The Labute approximate surface area is 131 Å². The van der Waals surface area contributed by atoms with Gasteiger partial charge in [0.1, 0.15) is 0 Å². The summed E-state index contributed by atoms with van der Waals surface area (Å²) in [4.78, 5) is 14.6. The monoisotopic (exact) mass is 304 g/mol. The third-order valence-corrected chi connectivity index (χ3v) is 4.23. The van der Waals surface area contributed by atoms with Gasteiger partial charge in [0.25, 0.3) is 5.91 Å². The predicted octanol–water partition coefficient (Wildman–Crippen LogP) is 2.20. The molecule has 3 rings (SSSR count). The Bertz CT molecular complexity index is 527. The second kappa shape index (κ2) is 7.11. The number of unbranched alkanes of at least 4 members (excludes halogenated alkanes) is 1. The van der Waals surface area contributed by atoms with Crippen LogP contribution >= 0.6 is 0 Å². The van der Waals surface area contributed by atoms with Crippen molar-refractivity contribution < 1.29 is 14.3 Å². The van der Waals surface area contributed by atoms with Crippen molar-refractivity contribution in [1.29, 1.82) is 0 Å². The predicted molar refractivity (Wildman–Crippen MR) is 86.5 cm³/mol. The number of carbonyl (C=O) groups excluding carboxylic acids is 1. The summed E-state index contributed by atoms with van der Waals surface area (Å²) in [6.07, 6.45) is 2.98. The van der Waals surface area contributed by atoms with Crippen molar-refractivity contribution in [1.82, 2.24) is 0 Å². The summed E-state index contributed by atoms with van der Waals surface area (Å²) in [6, 6.07) is 6.18. The summed E-state index contributed by atoms with van der Waals surface area (Å²) < 4.78 is 10.7. The molecule has 2 aliphatic heterocycles. The second-order valence-corrected chi connectivity index (χ2v) is 5.86. The first kappa shape index (κ1) is 15.3. The zero-order valence-corrected chi connectivity index (χ0v) is 13.1. The molecule has 1 aromatic carbocycles. The Morgan fingerprint density at radius 2 is 2.32 bits per heavy atom. The highest BCUT2D eigenvalue weighted by Gasteiger charge is 2.24. The average Bonchev–Trinajstić information content (AvgIpc) is 2.96. The maximum Gasteiger partial charge on any atom is 0.255 e. The summed E-state index contributed by atoms with van der Waals surface area (Å²) in [6.45, 7) is 5.74. The van der Waals surface area contributed by atoms with Gasteiger partial charge >= 0.3 is 0 Å². The minimum Gasteiger partial charge on any atom is -0.376 e. The van der Waals surface area contributed by atoms with E-state index < -0.39 is 6.10 Å². The van der Waals surface area contributed by atoms with Crippen LogP contribution in [-0.4, -0.2) is 44.9 Å². The molecule has 1 atom stereocenters. The number of hydrogen-bond acceptors (Lipinski definition) is 4. The van der Waals surface area contributed by atoms with Crippen molar-refractivity contribution in [2.75, 3.05) is 43.1 Å². The Kier molecular flexibility index (Phi) is 4.95. The first-order valence-electron chi connectivity index (χ1n) is 8.16. The van der Waals surface area contributed by atoms with Crippen molar-refractivity contribution in [2.24, 2.45) is 0 Å². The van der Waals surface area contributed by atoms with Crippen molar-refractivity contribution >= 4 is 17.3 Å². The highest BCUT2D eigenvalue weighted by atomic mass is 16.6. The van der Waals surface area contributed by atoms with Crippen molar-refractivity contribution in [2.45, 2.75) is 32.3 Å². The molecule has 1 fully saturated rings. The Balaban J connectivity index is 1.66. The molecule has 120 valence electrons. The van der Waals surface area contributed by atoms with E-state index >= 15 is 0 Å². The normalized spacial score (nSPS) is 20.8. The zero-order chi connectivity index (χ0) is 15.4. The lowest BCUT2D eigenvalue weighted by molar-refractivity contribution is -0.142. The van der Waals surface area contributed by atoms with Gasteiger partial charge in [-0.25, -0.2) is 0 Å². The smallest absolute Gasteiger partial charge is 0.255 e. The van der Waals surface area contributed by atoms with Crippen LogP contribution in [0.25, 0.3) is 0 Å². The third kappa shape index (κ3) is 3.42. The molecular formula is C17H24N2O3. The van der Waals surface area contributed by atoms with Crippen LogP contribution in [0.3, 0.4) is 0 Å². The molecule has 0 bridgehead atoms. The van der Waals surface area contributed by atoms with Gasteiger partial charge in [0.15, 0.2) is 6.10 Å². The second-order valence-electron chi connectivity index (χ2n) is 5.86. The molecule has 1 aromatic rings. The van der Waals surface area contributed by atoms with Crippen LogP contribution < -0.4 is 10.2 Å². The number of nitrogens with zero attached hydrogens (tertiary/aromatic N) is 1. The molecule has 0 aromatic heterocycles. The van der Waals surface area contributed by atoms with E-state index in [9.17, 15) is 4.79 Å². The standard InChI is InChI=1S/C17H24N2O3/c1-2-3-7-19-8-6-13-4-5-14(11-15(13)19)18-17(20)16-12-21-9-10-22-16/h4-5,11,16H,2-3,6-10,12H2,1H3,(H,18,20)/t16-/m0/s1. The number of carbonyl (C=O) groups is 1. The van der Waals surface area contributed by atoms with Crippen molar-refractivity contribution in [3.63, 3.8) is 0 Å². The van der Waals surface area contributed by atoms with Crippen molar-refractivity contribution in [3.8, 4) is 0 Å². The van der Waals surface area contributed by atoms with E-state index in [0.717, 1.165) is 25.2 Å². The minimum atomic E-state index is -0.502. The minimum absolute atomic E-state index is 0.127. The van der Waals surface area contributed by atoms with Gasteiger partial charge in [-0.15, -0.1) is 0 Å². The van der Waals surface area contributed by atoms with E-state index in [0.29, 0.717) is 19.8 Å². The Morgan fingerprint density at radius 1 is 1.41 bits per heavy atom. The lowest BCUT2D eigenvalue weighted by Crippen LogP contribution is -2.39. The van der Waals surface area contributed by atoms with Crippen LogP contribution in [0.5, 0.6) is 0 Å². The van der Waals surface area contributed by atoms with Crippen LogP contribution in [0.4, 0.5) is 11.4 Å². The third-order valence-electron chi connectivity index (χ3n) is 4.23. The van der Waals surface area contributed by atoms with Gasteiger partial charge in [0.05, 0.1) is 19.8 Å². The fourth-order valence-electron chi connectivity index (χ4n) is 2.97. The maximum absolute atomic E-state index is 12.2. The molecule has 0 spiro atoms. The van der Waals surface area contributed by atoms with Crippen molar-refractivity contribution in [3.05, 3.63) is 23.8 Å². The van der Waals surface area contributed by atoms with E-state index in [1.807, 2.05) is 6.07 Å². The van der Waals surface area contributed by atoms with Gasteiger partial charge in [-0.1, -0.05) is 19.4 Å². The number of ether oxygens (including phenoxy) is 2. The molecular weight excluding hydrogens is 280 g/mol. The van der Waals surface area contributed by atoms with Crippen LogP contribution in [-0.2, 0) is 20.7 Å². The van der Waals surface area contributed by atoms with E-state index in [1.54, 1.807) is 0 Å². The van der Waals surface area contributed by atoms with Gasteiger partial charge < -0.3 is 19.7 Å². The molecule has 5 heteroatoms. The lowest BCUT2D eigenvalue weighted by Gasteiger charge is -2.23. The molecule has 22 heavy (non-hydrogen) atoms. The molecule has 0 radical (unpaired) electrons. The Morgan fingerprint density at radius 3 is 3.09 bits per heavy atom. The quantitative estimate of drug-likeness (QED) is 0.906. The number of benzene rings is 1. The number of fused-ring (bicyclic) bond motifs is 1. The van der Waals surface area contributed by atoms with Gasteiger partial charge in [0, 0.05) is 24.5 Å². The van der Waals surface area contributed by atoms with E-state index in [1.165, 1.54) is 24.1 Å². The first-order chi connectivity index (χ1) is 10.8. The molecule has 1 N–H and O–H groups in total. The number of nitrogens with one attached hydrogen (secondary N) is 1. The topological polar surface area (TPSA) is 50.8 Å². The number of hydrogen-bond donors (Lipinski definition) is 1. The molecule has 5 nitrogen and oxygen atoms in total. The fourth-order valence-corrected chi connectivity index (χ4v) is 2.97. The molecule has 0 unspecified atom stereocenters. The van der Waals surface area contributed by atoms with Gasteiger partial charge in [0.2, 0.25) is 0 Å². The molecule has 2 heterocycles. The number of amides is 1. The maximum atomic E-state index is 12.2. The van der Waals surface area contributed by atoms with Crippen LogP contribution in [0.1, 0.15) is 25.3 Å². The average molecular weight is 304 g/mol. The van der Waals surface area contributed by atoms with Gasteiger partial charge in [-0.05, 0) is 30.5 Å². The van der Waals surface area contributed by atoms with Gasteiger partial charge in [-0.3, -0.25) is 4.79 Å². The molecule has 1 saturated heterocycles. The van der Waals surface area contributed by atoms with Crippen LogP contribution in [0.15, 0.2) is 18.2 Å². The summed E-state index contributed by atoms with van der Waals surface area (Å²) in [5.74, 6) is -0.127. The summed E-state index contributed by atoms with van der Waals surface area (Å²) in [5.41, 5.74) is 3.46. The lowest BCUT2D eigenvalue weighted by atomic mass is 10.1. The molecule has 2 aliphatic rings. The Hall–Kier alpha value is -1.59. The summed E-state index contributed by atoms with van der Waals surface area (Å²) >= 11 is 0. The summed E-state index contributed by atoms with van der Waals surface area (Å²) in [5, 5.41) is 2.95. The highest BCUT2D eigenvalue weighted by molar-refractivity contribution is 5.95. The molecule has 0 saturated carbocycles. The van der Waals surface area contributed by atoms with Gasteiger partial charge in [-0.2, -0.15) is 0 Å². The molecule has 0 aliphatic carbocycles. The highest BCUT2D eigenvalue weighted by Crippen LogP contribution is 2.31. The van der Waals surface area contributed by atoms with E-state index in [-0.39, 0.29) is 5.91 Å². The first-order valence-corrected chi connectivity index (χ1v) is 8.16. The largest absolute Gasteiger partial charge is 0.376 e. The van der Waals surface area contributed by atoms with E-state index in [4.69, 9.17) is 9.47 Å². The van der Waals surface area contributed by atoms with E-state index in [2.05, 4.69) is 29.3 Å². The summed E-state index contributed by atoms with van der Waals surface area (Å²) in [7, 11) is 0.